The smallest absolute Gasteiger partial charge is 0.0132 e. The quantitative estimate of drug-likeness (QED) is 0.197. The molecule has 0 N–H and O–H groups in total. The van der Waals surface area contributed by atoms with Gasteiger partial charge in [-0.05, 0) is 133 Å². The average molecular weight is 1260 g/mol. The lowest BCUT2D eigenvalue weighted by Crippen LogP contribution is -2.43. The number of benzene rings is 2. The molecule has 0 spiro atoms. The Balaban J connectivity index is 0. The standard InChI is InChI=1S/C22H46P2.C22H40P2.C18H40P2.C10H14.C5H12/c2*1-19(2,3)23(20(4,5)6)17-15-13-14-16-18(17)24(21(7,8)9)22(10,11)12;1-15(2,3)19(16(4,5)6)13-14-20(17(7,8)9)18(10,11)12;1-3-9-7-5-6-8-10(9)4-2;1-3-5-4-2/h17-18H,13-16H2,1-12H3;13-16H,1-12H3;13-14H2,1-12H3;5-8H,3-4H2,1-2H3;3-5H2,1-2H3. The van der Waals surface area contributed by atoms with Gasteiger partial charge in [0.2, 0.25) is 0 Å². The fraction of sp³-hybridized carbons (Fsp3) is 0.844. The zero-order valence-corrected chi connectivity index (χ0v) is 69.6. The molecule has 2 aromatic carbocycles. The summed E-state index contributed by atoms with van der Waals surface area (Å²) in [4.78, 5) is 0. The Hall–Kier alpha value is 1.02. The zero-order chi connectivity index (χ0) is 66.4. The predicted octanol–water partition coefficient (Wildman–Crippen LogP) is 27.7. The molecule has 0 saturated heterocycles. The lowest BCUT2D eigenvalue weighted by molar-refractivity contribution is 0.491. The molecule has 2 aromatic rings. The van der Waals surface area contributed by atoms with Crippen molar-refractivity contribution in [2.45, 2.75) is 408 Å². The number of aryl methyl sites for hydroxylation is 2. The molecule has 490 valence electrons. The van der Waals surface area contributed by atoms with Crippen LogP contribution in [0.1, 0.15) is 333 Å². The second-order valence-electron chi connectivity index (χ2n) is 36.5. The maximum absolute atomic E-state index is 2.52. The van der Waals surface area contributed by atoms with Crippen LogP contribution in [0.15, 0.2) is 48.5 Å². The maximum atomic E-state index is 2.52. The molecule has 83 heavy (non-hydrogen) atoms. The third kappa shape index (κ3) is 30.8. The molecule has 0 radical (unpaired) electrons. The highest BCUT2D eigenvalue weighted by Gasteiger charge is 2.50. The molecule has 0 aromatic heterocycles. The van der Waals surface area contributed by atoms with E-state index in [0.29, 0.717) is 61.9 Å². The second-order valence-corrected chi connectivity index (χ2v) is 60.3. The van der Waals surface area contributed by atoms with Crippen molar-refractivity contribution < 1.29 is 0 Å². The highest BCUT2D eigenvalue weighted by atomic mass is 31.1. The van der Waals surface area contributed by atoms with Gasteiger partial charge in [-0.25, -0.2) is 0 Å². The third-order valence-corrected chi connectivity index (χ3v) is 39.7. The topological polar surface area (TPSA) is 0 Å². The van der Waals surface area contributed by atoms with Crippen molar-refractivity contribution in [2.24, 2.45) is 0 Å². The molecule has 6 heteroatoms. The molecular formula is C77H152P6. The molecule has 2 unspecified atom stereocenters. The van der Waals surface area contributed by atoms with Gasteiger partial charge in [0.15, 0.2) is 0 Å². The minimum Gasteiger partial charge on any atom is -0.0953 e. The molecule has 1 aliphatic carbocycles. The Morgan fingerprint density at radius 2 is 0.518 bits per heavy atom. The van der Waals surface area contributed by atoms with E-state index in [1.807, 2.05) is 0 Å². The van der Waals surface area contributed by atoms with Gasteiger partial charge in [0.1, 0.15) is 0 Å². The summed E-state index contributed by atoms with van der Waals surface area (Å²) in [6.07, 6.45) is 15.1. The number of hydrogen-bond acceptors (Lipinski definition) is 0. The molecule has 0 nitrogen and oxygen atoms in total. The summed E-state index contributed by atoms with van der Waals surface area (Å²) in [5.41, 5.74) is 4.90. The number of unbranched alkanes of at least 4 members (excludes halogenated alkanes) is 2. The van der Waals surface area contributed by atoms with E-state index >= 15 is 0 Å². The first kappa shape index (κ1) is 86.1. The highest BCUT2D eigenvalue weighted by Crippen LogP contribution is 2.74. The first-order chi connectivity index (χ1) is 36.7. The van der Waals surface area contributed by atoms with Crippen LogP contribution in [0.4, 0.5) is 0 Å². The predicted molar refractivity (Wildman–Crippen MR) is 410 cm³/mol. The van der Waals surface area contributed by atoms with E-state index in [1.165, 1.54) is 68.4 Å². The summed E-state index contributed by atoms with van der Waals surface area (Å²) in [5.74, 6) is 0. The van der Waals surface area contributed by atoms with E-state index in [-0.39, 0.29) is 47.5 Å². The van der Waals surface area contributed by atoms with Gasteiger partial charge in [0.25, 0.3) is 0 Å². The molecule has 0 heterocycles. The summed E-state index contributed by atoms with van der Waals surface area (Å²) in [6.45, 7) is 97.5. The van der Waals surface area contributed by atoms with E-state index in [1.54, 1.807) is 10.6 Å². The SMILES string of the molecule is CC(C)(C)P(C1CCCCC1P(C(C)(C)C)C(C)(C)C)C(C)(C)C.CC(C)(C)P(CCP(C(C)(C)C)C(C)(C)C)C(C)(C)C.CC(C)(C)P(c1ccccc1P(C(C)(C)C)C(C)(C)C)C(C)(C)C.CCCCC.CCc1ccccc1CC. The lowest BCUT2D eigenvalue weighted by atomic mass is 9.99. The molecule has 0 aliphatic heterocycles. The van der Waals surface area contributed by atoms with Gasteiger partial charge in [-0.1, -0.05) is 405 Å². The van der Waals surface area contributed by atoms with Crippen LogP contribution in [0, 0.1) is 0 Å². The van der Waals surface area contributed by atoms with Crippen molar-refractivity contribution in [3.05, 3.63) is 59.7 Å². The molecule has 0 amide bonds. The Labute approximate surface area is 534 Å². The summed E-state index contributed by atoms with van der Waals surface area (Å²) >= 11 is 0. The zero-order valence-electron chi connectivity index (χ0n) is 64.2. The maximum Gasteiger partial charge on any atom is -0.0132 e. The largest absolute Gasteiger partial charge is 0.0953 e. The summed E-state index contributed by atoms with van der Waals surface area (Å²) in [6, 6.07) is 18.0. The van der Waals surface area contributed by atoms with Crippen molar-refractivity contribution >= 4 is 58.1 Å². The minimum atomic E-state index is -0.269. The molecule has 1 fully saturated rings. The molecule has 1 aliphatic rings. The van der Waals surface area contributed by atoms with Crippen molar-refractivity contribution in [3.63, 3.8) is 0 Å². The van der Waals surface area contributed by atoms with Crippen LogP contribution >= 0.6 is 47.5 Å². The normalized spacial score (nSPS) is 16.7. The first-order valence-electron chi connectivity index (χ1n) is 33.6. The average Bonchev–Trinajstić information content (AvgIpc) is 3.22. The monoisotopic (exact) mass is 1260 g/mol. The fourth-order valence-electron chi connectivity index (χ4n) is 15.2. The van der Waals surface area contributed by atoms with Gasteiger partial charge in [-0.15, -0.1) is 0 Å². The molecule has 2 atom stereocenters. The van der Waals surface area contributed by atoms with Gasteiger partial charge >= 0.3 is 0 Å². The van der Waals surface area contributed by atoms with Crippen LogP contribution in [-0.4, -0.2) is 85.5 Å². The number of hydrogen-bond donors (Lipinski definition) is 0. The Morgan fingerprint density at radius 3 is 0.675 bits per heavy atom. The lowest BCUT2D eigenvalue weighted by Gasteiger charge is -2.56. The van der Waals surface area contributed by atoms with Crippen molar-refractivity contribution in [1.82, 2.24) is 0 Å². The molecule has 1 saturated carbocycles. The van der Waals surface area contributed by atoms with Crippen molar-refractivity contribution in [3.8, 4) is 0 Å². The Morgan fingerprint density at radius 1 is 0.301 bits per heavy atom. The van der Waals surface area contributed by atoms with E-state index in [4.69, 9.17) is 0 Å². The number of rotatable bonds is 11. The second kappa shape index (κ2) is 34.1. The summed E-state index contributed by atoms with van der Waals surface area (Å²) in [7, 11) is -0.467. The highest BCUT2D eigenvalue weighted by molar-refractivity contribution is 7.74. The minimum absolute atomic E-state index is 0.0108. The van der Waals surface area contributed by atoms with E-state index in [2.05, 4.69) is 325 Å². The third-order valence-electron chi connectivity index (χ3n) is 15.7. The van der Waals surface area contributed by atoms with Crippen LogP contribution in [-0.2, 0) is 12.8 Å². The molecular weight excluding hydrogens is 1110 g/mol. The van der Waals surface area contributed by atoms with Crippen LogP contribution in [0.25, 0.3) is 0 Å². The van der Waals surface area contributed by atoms with Gasteiger partial charge in [0, 0.05) is 0 Å². The summed E-state index contributed by atoms with van der Waals surface area (Å²) < 4.78 is 0. The molecule has 3 rings (SSSR count). The van der Waals surface area contributed by atoms with Crippen LogP contribution < -0.4 is 10.6 Å². The van der Waals surface area contributed by atoms with Crippen molar-refractivity contribution in [1.29, 1.82) is 0 Å². The van der Waals surface area contributed by atoms with Gasteiger partial charge < -0.3 is 0 Å². The van der Waals surface area contributed by atoms with Crippen LogP contribution in [0.3, 0.4) is 0 Å². The van der Waals surface area contributed by atoms with Crippen LogP contribution in [0.2, 0.25) is 0 Å². The first-order valence-corrected chi connectivity index (χ1v) is 42.2. The fourth-order valence-corrected chi connectivity index (χ4v) is 42.7. The summed E-state index contributed by atoms with van der Waals surface area (Å²) in [5, 5.41) is 8.15. The van der Waals surface area contributed by atoms with E-state index in [0.717, 1.165) is 24.2 Å². The van der Waals surface area contributed by atoms with Gasteiger partial charge in [-0.2, -0.15) is 0 Å². The Bertz CT molecular complexity index is 1830. The van der Waals surface area contributed by atoms with Crippen molar-refractivity contribution in [2.75, 3.05) is 12.3 Å². The molecule has 0 bridgehead atoms. The Kier molecular flexibility index (Phi) is 35.3. The van der Waals surface area contributed by atoms with E-state index in [9.17, 15) is 0 Å². The van der Waals surface area contributed by atoms with E-state index < -0.39 is 0 Å². The van der Waals surface area contributed by atoms with Crippen LogP contribution in [0.5, 0.6) is 0 Å². The van der Waals surface area contributed by atoms with Gasteiger partial charge in [-0.3, -0.25) is 0 Å². The van der Waals surface area contributed by atoms with Gasteiger partial charge in [0.05, 0.1) is 0 Å².